The van der Waals surface area contributed by atoms with Crippen molar-refractivity contribution in [3.8, 4) is 11.8 Å². The van der Waals surface area contributed by atoms with Gasteiger partial charge in [0.05, 0.1) is 17.4 Å². The zero-order chi connectivity index (χ0) is 20.5. The number of aromatic carboxylic acids is 1. The van der Waals surface area contributed by atoms with E-state index in [-0.39, 0.29) is 35.8 Å². The van der Waals surface area contributed by atoms with Crippen LogP contribution in [0.15, 0.2) is 36.5 Å². The lowest BCUT2D eigenvalue weighted by Gasteiger charge is -2.14. The third-order valence-electron chi connectivity index (χ3n) is 3.27. The minimum absolute atomic E-state index is 0.000174. The number of hydrazine groups is 1. The van der Waals surface area contributed by atoms with Crippen molar-refractivity contribution in [2.45, 2.75) is 6.10 Å². The third-order valence-corrected chi connectivity index (χ3v) is 3.27. The van der Waals surface area contributed by atoms with Gasteiger partial charge < -0.3 is 20.3 Å². The topological polar surface area (TPSA) is 157 Å². The highest BCUT2D eigenvalue weighted by atomic mass is 19.1. The molecular formula is C17H16FN5O5. The van der Waals surface area contributed by atoms with Crippen molar-refractivity contribution < 1.29 is 28.9 Å². The van der Waals surface area contributed by atoms with E-state index in [0.29, 0.717) is 0 Å². The Labute approximate surface area is 158 Å². The molecule has 11 heteroatoms. The summed E-state index contributed by atoms with van der Waals surface area (Å²) in [5, 5.41) is 29.9. The molecule has 2 amide bonds. The smallest absolute Gasteiger partial charge is 0.354 e. The van der Waals surface area contributed by atoms with Gasteiger partial charge in [-0.2, -0.15) is 5.26 Å². The molecule has 0 bridgehead atoms. The molecule has 2 aromatic rings. The number of nitrogens with zero attached hydrogens (tertiary/aromatic N) is 2. The van der Waals surface area contributed by atoms with Gasteiger partial charge in [0.1, 0.15) is 36.0 Å². The van der Waals surface area contributed by atoms with Gasteiger partial charge in [0.25, 0.3) is 0 Å². The normalized spacial score (nSPS) is 11.2. The van der Waals surface area contributed by atoms with Crippen molar-refractivity contribution in [1.29, 1.82) is 5.26 Å². The molecule has 0 saturated carbocycles. The number of rotatable bonds is 8. The summed E-state index contributed by atoms with van der Waals surface area (Å²) in [6, 6.07) is 7.15. The monoisotopic (exact) mass is 389 g/mol. The predicted molar refractivity (Wildman–Crippen MR) is 94.0 cm³/mol. The number of nitrogens with one attached hydrogen (secondary N) is 3. The number of nitriles is 1. The Kier molecular flexibility index (Phi) is 7.21. The van der Waals surface area contributed by atoms with E-state index in [2.05, 4.69) is 21.2 Å². The molecule has 1 unspecified atom stereocenters. The molecule has 1 aromatic carbocycles. The first-order valence-electron chi connectivity index (χ1n) is 7.88. The SMILES string of the molecule is N#Cc1cc(F)ccc1OCC(O)CNNC(=O)Nc1ccc(C(=O)O)nc1. The lowest BCUT2D eigenvalue weighted by Crippen LogP contribution is -2.45. The number of hydrogen-bond acceptors (Lipinski definition) is 7. The number of carbonyl (C=O) groups excluding carboxylic acids is 1. The van der Waals surface area contributed by atoms with E-state index < -0.39 is 23.9 Å². The van der Waals surface area contributed by atoms with Gasteiger partial charge in [0.2, 0.25) is 0 Å². The fraction of sp³-hybridized carbons (Fsp3) is 0.176. The predicted octanol–water partition coefficient (Wildman–Crippen LogP) is 0.857. The van der Waals surface area contributed by atoms with E-state index >= 15 is 0 Å². The molecule has 0 saturated heterocycles. The van der Waals surface area contributed by atoms with E-state index in [4.69, 9.17) is 15.1 Å². The first kappa shape index (κ1) is 20.6. The van der Waals surface area contributed by atoms with E-state index in [1.165, 1.54) is 24.4 Å². The molecule has 0 aliphatic heterocycles. The second-order valence-electron chi connectivity index (χ2n) is 5.41. The zero-order valence-corrected chi connectivity index (χ0v) is 14.3. The number of carboxylic acid groups (broad SMARTS) is 1. The van der Waals surface area contributed by atoms with E-state index in [1.54, 1.807) is 6.07 Å². The molecule has 0 radical (unpaired) electrons. The molecule has 1 aromatic heterocycles. The van der Waals surface area contributed by atoms with Crippen LogP contribution in [0.25, 0.3) is 0 Å². The second kappa shape index (κ2) is 9.81. The number of aromatic nitrogens is 1. The Balaban J connectivity index is 1.71. The number of amides is 2. The van der Waals surface area contributed by atoms with Crippen molar-refractivity contribution in [1.82, 2.24) is 15.8 Å². The van der Waals surface area contributed by atoms with Crippen LogP contribution in [-0.2, 0) is 0 Å². The fourth-order valence-electron chi connectivity index (χ4n) is 1.97. The highest BCUT2D eigenvalue weighted by molar-refractivity contribution is 5.90. The molecule has 0 spiro atoms. The van der Waals surface area contributed by atoms with Crippen LogP contribution in [0.5, 0.6) is 5.75 Å². The summed E-state index contributed by atoms with van der Waals surface area (Å²) in [5.74, 6) is -1.63. The van der Waals surface area contributed by atoms with Crippen LogP contribution in [0.3, 0.4) is 0 Å². The largest absolute Gasteiger partial charge is 0.489 e. The fourth-order valence-corrected chi connectivity index (χ4v) is 1.97. The molecule has 5 N–H and O–H groups in total. The van der Waals surface area contributed by atoms with Gasteiger partial charge in [-0.25, -0.2) is 24.4 Å². The highest BCUT2D eigenvalue weighted by Gasteiger charge is 2.10. The highest BCUT2D eigenvalue weighted by Crippen LogP contribution is 2.18. The second-order valence-corrected chi connectivity index (χ2v) is 5.41. The Morgan fingerprint density at radius 1 is 1.32 bits per heavy atom. The van der Waals surface area contributed by atoms with Crippen LogP contribution in [-0.4, -0.2) is 46.5 Å². The van der Waals surface area contributed by atoms with E-state index in [0.717, 1.165) is 12.1 Å². The average Bonchev–Trinajstić information content (AvgIpc) is 2.67. The number of hydrogen-bond donors (Lipinski definition) is 5. The first-order valence-corrected chi connectivity index (χ1v) is 7.88. The van der Waals surface area contributed by atoms with Crippen molar-refractivity contribution in [3.05, 3.63) is 53.6 Å². The van der Waals surface area contributed by atoms with Gasteiger partial charge in [0, 0.05) is 6.54 Å². The maximum atomic E-state index is 13.0. The number of aliphatic hydroxyl groups is 1. The molecular weight excluding hydrogens is 373 g/mol. The van der Waals surface area contributed by atoms with E-state index in [1.807, 2.05) is 0 Å². The Bertz CT molecular complexity index is 884. The van der Waals surface area contributed by atoms with Crippen molar-refractivity contribution in [2.75, 3.05) is 18.5 Å². The number of ether oxygens (including phenoxy) is 1. The zero-order valence-electron chi connectivity index (χ0n) is 14.3. The molecule has 146 valence electrons. The van der Waals surface area contributed by atoms with Crippen molar-refractivity contribution >= 4 is 17.7 Å². The summed E-state index contributed by atoms with van der Waals surface area (Å²) in [6.45, 7) is -0.274. The molecule has 10 nitrogen and oxygen atoms in total. The number of halogens is 1. The summed E-state index contributed by atoms with van der Waals surface area (Å²) in [7, 11) is 0. The van der Waals surface area contributed by atoms with Gasteiger partial charge in [-0.3, -0.25) is 5.43 Å². The maximum Gasteiger partial charge on any atom is 0.354 e. The van der Waals surface area contributed by atoms with Gasteiger partial charge in [-0.1, -0.05) is 0 Å². The molecule has 0 fully saturated rings. The van der Waals surface area contributed by atoms with Crippen LogP contribution in [0.4, 0.5) is 14.9 Å². The van der Waals surface area contributed by atoms with Gasteiger partial charge in [-0.15, -0.1) is 0 Å². The van der Waals surface area contributed by atoms with Crippen molar-refractivity contribution in [2.24, 2.45) is 0 Å². The summed E-state index contributed by atoms with van der Waals surface area (Å²) in [5.41, 5.74) is 4.86. The average molecular weight is 389 g/mol. The van der Waals surface area contributed by atoms with Gasteiger partial charge in [-0.05, 0) is 30.3 Å². The lowest BCUT2D eigenvalue weighted by molar-refractivity contribution is 0.0690. The summed E-state index contributed by atoms with van der Waals surface area (Å²) >= 11 is 0. The molecule has 0 aliphatic rings. The number of carbonyl (C=O) groups is 2. The number of benzene rings is 1. The summed E-state index contributed by atoms with van der Waals surface area (Å²) < 4.78 is 18.3. The number of carboxylic acids is 1. The molecule has 1 atom stereocenters. The van der Waals surface area contributed by atoms with Crippen LogP contribution in [0.2, 0.25) is 0 Å². The Morgan fingerprint density at radius 2 is 2.11 bits per heavy atom. The molecule has 0 aliphatic carbocycles. The first-order chi connectivity index (χ1) is 13.4. The molecule has 28 heavy (non-hydrogen) atoms. The summed E-state index contributed by atoms with van der Waals surface area (Å²) in [4.78, 5) is 26.0. The molecule has 1 heterocycles. The minimum atomic E-state index is -1.18. The van der Waals surface area contributed by atoms with Crippen LogP contribution < -0.4 is 20.9 Å². The van der Waals surface area contributed by atoms with Crippen LogP contribution in [0, 0.1) is 17.1 Å². The van der Waals surface area contributed by atoms with E-state index in [9.17, 15) is 19.1 Å². The van der Waals surface area contributed by atoms with Gasteiger partial charge in [0.15, 0.2) is 0 Å². The van der Waals surface area contributed by atoms with Crippen LogP contribution in [0.1, 0.15) is 16.1 Å². The lowest BCUT2D eigenvalue weighted by atomic mass is 10.2. The van der Waals surface area contributed by atoms with Crippen molar-refractivity contribution in [3.63, 3.8) is 0 Å². The maximum absolute atomic E-state index is 13.0. The Hall–Kier alpha value is -3.75. The molecule has 2 rings (SSSR count). The number of aliphatic hydroxyl groups excluding tert-OH is 1. The number of urea groups is 1. The number of pyridine rings is 1. The standard InChI is InChI=1S/C17H16FN5O5/c18-11-1-4-15(10(5-11)6-19)28-9-13(24)8-21-23-17(27)22-12-2-3-14(16(25)26)20-7-12/h1-5,7,13,21,24H,8-9H2,(H,25,26)(H2,22,23,27). The quantitative estimate of drug-likeness (QED) is 0.416. The summed E-state index contributed by atoms with van der Waals surface area (Å²) in [6.07, 6.45) is 0.148. The Morgan fingerprint density at radius 3 is 2.75 bits per heavy atom. The third kappa shape index (κ3) is 6.20. The van der Waals surface area contributed by atoms with Crippen LogP contribution >= 0.6 is 0 Å². The minimum Gasteiger partial charge on any atom is -0.489 e. The number of anilines is 1. The van der Waals surface area contributed by atoms with Gasteiger partial charge >= 0.3 is 12.0 Å².